The van der Waals surface area contributed by atoms with E-state index in [1.165, 1.54) is 18.2 Å². The van der Waals surface area contributed by atoms with Crippen molar-refractivity contribution < 1.29 is 28.7 Å². The van der Waals surface area contributed by atoms with Crippen molar-refractivity contribution >= 4 is 23.5 Å². The van der Waals surface area contributed by atoms with Crippen LogP contribution in [0.25, 0.3) is 6.08 Å². The van der Waals surface area contributed by atoms with Gasteiger partial charge in [-0.25, -0.2) is 4.79 Å². The number of carbonyl (C=O) groups is 2. The number of carbonyl (C=O) groups excluding carboxylic acids is 2. The van der Waals surface area contributed by atoms with Crippen LogP contribution in [-0.2, 0) is 9.53 Å². The van der Waals surface area contributed by atoms with Crippen LogP contribution in [0.15, 0.2) is 24.3 Å². The van der Waals surface area contributed by atoms with Crippen molar-refractivity contribution in [1.82, 2.24) is 0 Å². The molecule has 1 heterocycles. The Morgan fingerprint density at radius 1 is 1.07 bits per heavy atom. The average molecular weight is 411 g/mol. The van der Waals surface area contributed by atoms with Crippen molar-refractivity contribution in [3.8, 4) is 11.5 Å². The predicted molar refractivity (Wildman–Crippen MR) is 109 cm³/mol. The van der Waals surface area contributed by atoms with Gasteiger partial charge in [0, 0.05) is 11.6 Å². The summed E-state index contributed by atoms with van der Waals surface area (Å²) in [6.45, 7) is 7.17. The van der Waals surface area contributed by atoms with Crippen molar-refractivity contribution in [2.24, 2.45) is 0 Å². The van der Waals surface area contributed by atoms with E-state index in [4.69, 9.17) is 14.2 Å². The largest absolute Gasteiger partial charge is 0.454 e. The number of fused-ring (bicyclic) bond motifs is 1. The number of aryl methyl sites for hydroxylation is 2. The predicted octanol–water partition coefficient (Wildman–Crippen LogP) is 4.00. The molecule has 0 saturated carbocycles. The van der Waals surface area contributed by atoms with Crippen molar-refractivity contribution in [2.75, 3.05) is 13.4 Å². The van der Waals surface area contributed by atoms with Crippen LogP contribution in [0.4, 0.5) is 5.69 Å². The fourth-order valence-corrected chi connectivity index (χ4v) is 3.37. The lowest BCUT2D eigenvalue weighted by Crippen LogP contribution is -2.16. The highest BCUT2D eigenvalue weighted by atomic mass is 16.7. The smallest absolute Gasteiger partial charge is 0.331 e. The van der Waals surface area contributed by atoms with Gasteiger partial charge < -0.3 is 14.2 Å². The van der Waals surface area contributed by atoms with E-state index in [1.807, 2.05) is 33.8 Å². The van der Waals surface area contributed by atoms with Gasteiger partial charge in [0.1, 0.15) is 0 Å². The fraction of sp³-hybridized carbons (Fsp3) is 0.273. The molecule has 0 unspecified atom stereocenters. The van der Waals surface area contributed by atoms with Gasteiger partial charge in [0.2, 0.25) is 12.6 Å². The number of benzene rings is 2. The molecule has 2 aromatic carbocycles. The molecule has 0 amide bonds. The van der Waals surface area contributed by atoms with Crippen LogP contribution in [0.1, 0.15) is 38.2 Å². The maximum atomic E-state index is 12.6. The van der Waals surface area contributed by atoms with E-state index in [-0.39, 0.29) is 29.6 Å². The minimum Gasteiger partial charge on any atom is -0.454 e. The molecule has 0 fully saturated rings. The monoisotopic (exact) mass is 411 g/mol. The number of nitro benzene ring substituents is 1. The summed E-state index contributed by atoms with van der Waals surface area (Å²) >= 11 is 0. The van der Waals surface area contributed by atoms with Crippen molar-refractivity contribution in [3.05, 3.63) is 67.8 Å². The summed E-state index contributed by atoms with van der Waals surface area (Å²) in [5.41, 5.74) is 4.26. The Morgan fingerprint density at radius 2 is 1.73 bits per heavy atom. The third kappa shape index (κ3) is 4.17. The van der Waals surface area contributed by atoms with Gasteiger partial charge >= 0.3 is 5.97 Å². The molecule has 0 atom stereocenters. The van der Waals surface area contributed by atoms with Crippen LogP contribution < -0.4 is 9.47 Å². The van der Waals surface area contributed by atoms with Crippen molar-refractivity contribution in [2.45, 2.75) is 27.7 Å². The number of rotatable bonds is 6. The van der Waals surface area contributed by atoms with Crippen LogP contribution in [0.3, 0.4) is 0 Å². The molecule has 0 bridgehead atoms. The van der Waals surface area contributed by atoms with Gasteiger partial charge in [-0.3, -0.25) is 14.9 Å². The Bertz CT molecular complexity index is 1090. The number of hydrogen-bond acceptors (Lipinski definition) is 7. The Balaban J connectivity index is 1.71. The third-order valence-corrected chi connectivity index (χ3v) is 5.10. The van der Waals surface area contributed by atoms with Gasteiger partial charge in [-0.1, -0.05) is 6.07 Å². The van der Waals surface area contributed by atoms with Crippen molar-refractivity contribution in [1.29, 1.82) is 0 Å². The molecule has 3 rings (SSSR count). The fourth-order valence-electron chi connectivity index (χ4n) is 3.37. The van der Waals surface area contributed by atoms with Gasteiger partial charge in [0.15, 0.2) is 18.1 Å². The number of Topliss-reactive ketones (excluding diaryl/α,β-unsaturated/α-hetero) is 1. The molecule has 0 spiro atoms. The lowest BCUT2D eigenvalue weighted by atomic mass is 9.92. The molecular formula is C22H21NO7. The second-order valence-corrected chi connectivity index (χ2v) is 7.02. The van der Waals surface area contributed by atoms with E-state index in [9.17, 15) is 19.7 Å². The molecule has 0 saturated heterocycles. The first kappa shape index (κ1) is 21.0. The van der Waals surface area contributed by atoms with E-state index in [0.29, 0.717) is 11.3 Å². The summed E-state index contributed by atoms with van der Waals surface area (Å²) in [6, 6.07) is 4.58. The van der Waals surface area contributed by atoms with Crippen LogP contribution in [0.2, 0.25) is 0 Å². The van der Waals surface area contributed by atoms with Crippen LogP contribution in [0, 0.1) is 37.8 Å². The quantitative estimate of drug-likeness (QED) is 0.233. The van der Waals surface area contributed by atoms with E-state index in [0.717, 1.165) is 28.3 Å². The first-order chi connectivity index (χ1) is 14.2. The van der Waals surface area contributed by atoms with E-state index in [2.05, 4.69) is 0 Å². The number of esters is 1. The van der Waals surface area contributed by atoms with Crippen LogP contribution in [0.5, 0.6) is 11.5 Å². The lowest BCUT2D eigenvalue weighted by Gasteiger charge is -2.14. The molecule has 0 aromatic heterocycles. The molecule has 0 N–H and O–H groups in total. The number of ether oxygens (including phenoxy) is 3. The SMILES string of the molecule is Cc1cc(C)c(C(=O)COC(=O)/C=C/c2cc3c(cc2[N+](=O)[O-])OCO3)c(C)c1C. The van der Waals surface area contributed by atoms with Gasteiger partial charge in [0.25, 0.3) is 5.69 Å². The maximum Gasteiger partial charge on any atom is 0.331 e. The highest BCUT2D eigenvalue weighted by molar-refractivity contribution is 6.01. The molecule has 8 nitrogen and oxygen atoms in total. The highest BCUT2D eigenvalue weighted by Crippen LogP contribution is 2.38. The molecule has 1 aliphatic heterocycles. The first-order valence-electron chi connectivity index (χ1n) is 9.22. The Morgan fingerprint density at radius 3 is 2.40 bits per heavy atom. The molecule has 0 radical (unpaired) electrons. The minimum absolute atomic E-state index is 0.0267. The summed E-state index contributed by atoms with van der Waals surface area (Å²) in [5, 5.41) is 11.3. The minimum atomic E-state index is -0.783. The maximum absolute atomic E-state index is 12.6. The van der Waals surface area contributed by atoms with E-state index in [1.54, 1.807) is 0 Å². The van der Waals surface area contributed by atoms with Gasteiger partial charge in [0.05, 0.1) is 16.6 Å². The topological polar surface area (TPSA) is 105 Å². The third-order valence-electron chi connectivity index (χ3n) is 5.10. The highest BCUT2D eigenvalue weighted by Gasteiger charge is 2.22. The normalized spacial score (nSPS) is 12.3. The zero-order valence-corrected chi connectivity index (χ0v) is 17.1. The van der Waals surface area contributed by atoms with Gasteiger partial charge in [-0.05, 0) is 62.1 Å². The molecule has 1 aliphatic rings. The van der Waals surface area contributed by atoms with Crippen LogP contribution >= 0.6 is 0 Å². The molecule has 156 valence electrons. The summed E-state index contributed by atoms with van der Waals surface area (Å²) in [6.07, 6.45) is 2.29. The molecule has 0 aliphatic carbocycles. The number of nitro groups is 1. The lowest BCUT2D eigenvalue weighted by molar-refractivity contribution is -0.385. The zero-order valence-electron chi connectivity index (χ0n) is 17.1. The summed E-state index contributed by atoms with van der Waals surface area (Å²) in [4.78, 5) is 35.3. The number of ketones is 1. The van der Waals surface area contributed by atoms with Gasteiger partial charge in [-0.15, -0.1) is 0 Å². The number of nitrogens with zero attached hydrogens (tertiary/aromatic N) is 1. The van der Waals surface area contributed by atoms with E-state index < -0.39 is 17.5 Å². The second-order valence-electron chi connectivity index (χ2n) is 7.02. The molecule has 8 heteroatoms. The average Bonchev–Trinajstić information content (AvgIpc) is 3.15. The molecule has 2 aromatic rings. The van der Waals surface area contributed by atoms with E-state index >= 15 is 0 Å². The van der Waals surface area contributed by atoms with Crippen LogP contribution in [-0.4, -0.2) is 30.1 Å². The Labute approximate surface area is 173 Å². The summed E-state index contributed by atoms with van der Waals surface area (Å²) in [5.74, 6) is -0.464. The zero-order chi connectivity index (χ0) is 22.0. The molecular weight excluding hydrogens is 390 g/mol. The second kappa shape index (κ2) is 8.36. The Hall–Kier alpha value is -3.68. The number of hydrogen-bond donors (Lipinski definition) is 0. The summed E-state index contributed by atoms with van der Waals surface area (Å²) in [7, 11) is 0. The summed E-state index contributed by atoms with van der Waals surface area (Å²) < 4.78 is 15.4. The first-order valence-corrected chi connectivity index (χ1v) is 9.22. The standard InChI is InChI=1S/C22H21NO7/c1-12-7-13(2)22(15(4)14(12)3)18(24)10-28-21(25)6-5-16-8-19-20(30-11-29-19)9-17(16)23(26)27/h5-9H,10-11H2,1-4H3/b6-5+. The van der Waals surface area contributed by atoms with Gasteiger partial charge in [-0.2, -0.15) is 0 Å². The molecule has 30 heavy (non-hydrogen) atoms. The Kier molecular flexibility index (Phi) is 5.86. The van der Waals surface area contributed by atoms with Crippen molar-refractivity contribution in [3.63, 3.8) is 0 Å².